The molecule has 1 aromatic heterocycles. The van der Waals surface area contributed by atoms with Gasteiger partial charge in [-0.3, -0.25) is 0 Å². The fourth-order valence-electron chi connectivity index (χ4n) is 2.66. The van der Waals surface area contributed by atoms with Crippen LogP contribution in [0, 0.1) is 11.8 Å². The molecule has 0 aromatic carbocycles. The van der Waals surface area contributed by atoms with Gasteiger partial charge in [0.15, 0.2) is 5.82 Å². The lowest BCUT2D eigenvalue weighted by Gasteiger charge is -2.04. The molecule has 2 saturated carbocycles. The van der Waals surface area contributed by atoms with Crippen LogP contribution in [0.15, 0.2) is 4.52 Å². The van der Waals surface area contributed by atoms with Crippen LogP contribution < -0.4 is 5.73 Å². The zero-order valence-electron chi connectivity index (χ0n) is 9.02. The van der Waals surface area contributed by atoms with E-state index in [4.69, 9.17) is 10.3 Å². The van der Waals surface area contributed by atoms with Crippen LogP contribution >= 0.6 is 0 Å². The van der Waals surface area contributed by atoms with Gasteiger partial charge >= 0.3 is 0 Å². The first-order chi connectivity index (χ1) is 7.28. The normalized spacial score (nSPS) is 35.2. The number of nitrogens with zero attached hydrogens (tertiary/aromatic N) is 2. The summed E-state index contributed by atoms with van der Waals surface area (Å²) in [7, 11) is 0. The molecule has 15 heavy (non-hydrogen) atoms. The van der Waals surface area contributed by atoms with E-state index in [1.807, 2.05) is 6.92 Å². The summed E-state index contributed by atoms with van der Waals surface area (Å²) >= 11 is 0. The van der Waals surface area contributed by atoms with Crippen molar-refractivity contribution < 1.29 is 4.52 Å². The van der Waals surface area contributed by atoms with Gasteiger partial charge in [0.2, 0.25) is 5.89 Å². The van der Waals surface area contributed by atoms with E-state index in [-0.39, 0.29) is 6.04 Å². The van der Waals surface area contributed by atoms with Gasteiger partial charge in [0, 0.05) is 5.92 Å². The molecule has 3 unspecified atom stereocenters. The molecule has 3 atom stereocenters. The smallest absolute Gasteiger partial charge is 0.229 e. The zero-order chi connectivity index (χ0) is 10.4. The van der Waals surface area contributed by atoms with Crippen molar-refractivity contribution in [3.63, 3.8) is 0 Å². The third kappa shape index (κ3) is 1.57. The molecule has 0 saturated heterocycles. The lowest BCUT2D eigenvalue weighted by molar-refractivity contribution is 0.340. The van der Waals surface area contributed by atoms with Crippen molar-refractivity contribution in [2.24, 2.45) is 17.6 Å². The minimum Gasteiger partial charge on any atom is -0.339 e. The summed E-state index contributed by atoms with van der Waals surface area (Å²) in [6, 6.07) is -0.0709. The van der Waals surface area contributed by atoms with E-state index in [2.05, 4.69) is 10.1 Å². The topological polar surface area (TPSA) is 64.9 Å². The van der Waals surface area contributed by atoms with Gasteiger partial charge in [-0.05, 0) is 37.5 Å². The van der Waals surface area contributed by atoms with E-state index in [0.29, 0.717) is 11.7 Å². The molecule has 2 N–H and O–H groups in total. The number of hydrogen-bond acceptors (Lipinski definition) is 4. The SMILES string of the molecule is CCC(N)c1noc(C2CC3CC3C2)n1. The first kappa shape index (κ1) is 9.33. The second-order valence-electron chi connectivity index (χ2n) is 4.93. The second kappa shape index (κ2) is 3.30. The van der Waals surface area contributed by atoms with E-state index in [9.17, 15) is 0 Å². The molecular weight excluding hydrogens is 190 g/mol. The van der Waals surface area contributed by atoms with Crippen molar-refractivity contribution in [3.05, 3.63) is 11.7 Å². The first-order valence-corrected chi connectivity index (χ1v) is 5.87. The quantitative estimate of drug-likeness (QED) is 0.823. The van der Waals surface area contributed by atoms with Crippen molar-refractivity contribution in [3.8, 4) is 0 Å². The molecule has 0 aliphatic heterocycles. The van der Waals surface area contributed by atoms with Gasteiger partial charge in [0.05, 0.1) is 6.04 Å². The Morgan fingerprint density at radius 3 is 2.80 bits per heavy atom. The highest BCUT2D eigenvalue weighted by Crippen LogP contribution is 2.57. The average molecular weight is 207 g/mol. The Bertz CT molecular complexity index is 352. The lowest BCUT2D eigenvalue weighted by atomic mass is 10.0. The predicted molar refractivity (Wildman–Crippen MR) is 55.1 cm³/mol. The van der Waals surface area contributed by atoms with Crippen molar-refractivity contribution in [1.29, 1.82) is 0 Å². The van der Waals surface area contributed by atoms with Gasteiger partial charge in [-0.25, -0.2) is 0 Å². The van der Waals surface area contributed by atoms with Gasteiger partial charge in [-0.2, -0.15) is 4.98 Å². The van der Waals surface area contributed by atoms with E-state index in [1.54, 1.807) is 0 Å². The van der Waals surface area contributed by atoms with Gasteiger partial charge < -0.3 is 10.3 Å². The molecule has 0 spiro atoms. The Morgan fingerprint density at radius 2 is 2.13 bits per heavy atom. The van der Waals surface area contributed by atoms with E-state index in [0.717, 1.165) is 24.1 Å². The molecule has 4 heteroatoms. The molecule has 82 valence electrons. The molecule has 1 heterocycles. The van der Waals surface area contributed by atoms with Crippen LogP contribution in [-0.4, -0.2) is 10.1 Å². The maximum Gasteiger partial charge on any atom is 0.229 e. The molecule has 0 amide bonds. The maximum absolute atomic E-state index is 5.86. The molecular formula is C11H17N3O. The Hall–Kier alpha value is -0.900. The maximum atomic E-state index is 5.86. The second-order valence-corrected chi connectivity index (χ2v) is 4.93. The number of fused-ring (bicyclic) bond motifs is 1. The Morgan fingerprint density at radius 1 is 1.40 bits per heavy atom. The predicted octanol–water partition coefficient (Wildman–Crippen LogP) is 1.99. The summed E-state index contributed by atoms with van der Waals surface area (Å²) < 4.78 is 5.30. The minimum atomic E-state index is -0.0709. The van der Waals surface area contributed by atoms with Crippen molar-refractivity contribution in [1.82, 2.24) is 10.1 Å². The van der Waals surface area contributed by atoms with Crippen LogP contribution in [0.4, 0.5) is 0 Å². The molecule has 0 bridgehead atoms. The summed E-state index contributed by atoms with van der Waals surface area (Å²) in [4.78, 5) is 4.42. The molecule has 2 aliphatic carbocycles. The van der Waals surface area contributed by atoms with Crippen LogP contribution in [0.2, 0.25) is 0 Å². The van der Waals surface area contributed by atoms with Crippen LogP contribution in [0.5, 0.6) is 0 Å². The summed E-state index contributed by atoms with van der Waals surface area (Å²) in [6.45, 7) is 2.03. The van der Waals surface area contributed by atoms with Crippen LogP contribution in [0.1, 0.15) is 56.3 Å². The standard InChI is InChI=1S/C11H17N3O/c1-2-9(12)10-13-11(15-14-10)8-4-6-3-7(6)5-8/h6-9H,2-5,12H2,1H3. The van der Waals surface area contributed by atoms with Crippen molar-refractivity contribution in [2.45, 2.75) is 44.6 Å². The zero-order valence-corrected chi connectivity index (χ0v) is 9.02. The van der Waals surface area contributed by atoms with Crippen LogP contribution in [0.3, 0.4) is 0 Å². The fraction of sp³-hybridized carbons (Fsp3) is 0.818. The summed E-state index contributed by atoms with van der Waals surface area (Å²) in [5.41, 5.74) is 5.86. The van der Waals surface area contributed by atoms with Gasteiger partial charge in [0.1, 0.15) is 0 Å². The molecule has 2 aliphatic rings. The monoisotopic (exact) mass is 207 g/mol. The Kier molecular flexibility index (Phi) is 2.06. The van der Waals surface area contributed by atoms with E-state index in [1.165, 1.54) is 19.3 Å². The molecule has 3 rings (SSSR count). The van der Waals surface area contributed by atoms with Crippen LogP contribution in [-0.2, 0) is 0 Å². The van der Waals surface area contributed by atoms with Gasteiger partial charge in [0.25, 0.3) is 0 Å². The summed E-state index contributed by atoms with van der Waals surface area (Å²) in [6.07, 6.45) is 4.77. The fourth-order valence-corrected chi connectivity index (χ4v) is 2.66. The molecule has 2 fully saturated rings. The number of rotatable bonds is 3. The Balaban J connectivity index is 1.73. The highest BCUT2D eigenvalue weighted by molar-refractivity contribution is 5.07. The number of nitrogens with two attached hydrogens (primary N) is 1. The summed E-state index contributed by atoms with van der Waals surface area (Å²) in [5, 5.41) is 3.96. The third-order valence-corrected chi connectivity index (χ3v) is 3.82. The van der Waals surface area contributed by atoms with E-state index < -0.39 is 0 Å². The van der Waals surface area contributed by atoms with Crippen molar-refractivity contribution in [2.75, 3.05) is 0 Å². The Labute approximate surface area is 89.2 Å². The highest BCUT2D eigenvalue weighted by atomic mass is 16.5. The average Bonchev–Trinajstić information content (AvgIpc) is 2.75. The van der Waals surface area contributed by atoms with E-state index >= 15 is 0 Å². The highest BCUT2D eigenvalue weighted by Gasteiger charge is 2.47. The van der Waals surface area contributed by atoms with Gasteiger partial charge in [-0.15, -0.1) is 0 Å². The first-order valence-electron chi connectivity index (χ1n) is 5.87. The van der Waals surface area contributed by atoms with Crippen LogP contribution in [0.25, 0.3) is 0 Å². The number of aromatic nitrogens is 2. The van der Waals surface area contributed by atoms with Crippen molar-refractivity contribution >= 4 is 0 Å². The third-order valence-electron chi connectivity index (χ3n) is 3.82. The molecule has 1 aromatic rings. The lowest BCUT2D eigenvalue weighted by Crippen LogP contribution is -2.10. The minimum absolute atomic E-state index is 0.0709. The number of hydrogen-bond donors (Lipinski definition) is 1. The molecule has 4 nitrogen and oxygen atoms in total. The summed E-state index contributed by atoms with van der Waals surface area (Å²) in [5.74, 6) is 3.91. The molecule has 0 radical (unpaired) electrons. The largest absolute Gasteiger partial charge is 0.339 e. The van der Waals surface area contributed by atoms with Gasteiger partial charge in [-0.1, -0.05) is 12.1 Å².